The fourth-order valence-corrected chi connectivity index (χ4v) is 3.52. The maximum absolute atomic E-state index is 12.8. The Morgan fingerprint density at radius 3 is 2.50 bits per heavy atom. The van der Waals surface area contributed by atoms with Gasteiger partial charge in [-0.15, -0.1) is 0 Å². The van der Waals surface area contributed by atoms with Crippen LogP contribution >= 0.6 is 11.6 Å². The van der Waals surface area contributed by atoms with Crippen molar-refractivity contribution in [1.29, 1.82) is 0 Å². The van der Waals surface area contributed by atoms with Crippen LogP contribution in [0.15, 0.2) is 59.0 Å². The van der Waals surface area contributed by atoms with Gasteiger partial charge in [-0.2, -0.15) is 0 Å². The highest BCUT2D eigenvalue weighted by atomic mass is 35.5. The summed E-state index contributed by atoms with van der Waals surface area (Å²) in [6.07, 6.45) is 0. The summed E-state index contributed by atoms with van der Waals surface area (Å²) in [6.45, 7) is 4.27. The van der Waals surface area contributed by atoms with Gasteiger partial charge in [0, 0.05) is 11.1 Å². The first kappa shape index (κ1) is 21.7. The quantitative estimate of drug-likeness (QED) is 0.361. The summed E-state index contributed by atoms with van der Waals surface area (Å²) < 4.78 is 16.4. The normalized spacial score (nSPS) is 11.1. The second-order valence-electron chi connectivity index (χ2n) is 7.62. The number of carbonyl (C=O) groups excluding carboxylic acids is 1. The molecule has 164 valence electrons. The van der Waals surface area contributed by atoms with Gasteiger partial charge in [0.1, 0.15) is 5.52 Å². The Kier molecular flexibility index (Phi) is 6.06. The van der Waals surface area contributed by atoms with Gasteiger partial charge in [-0.05, 0) is 60.0 Å². The van der Waals surface area contributed by atoms with Gasteiger partial charge in [0.25, 0.3) is 5.91 Å². The van der Waals surface area contributed by atoms with E-state index < -0.39 is 0 Å². The Morgan fingerprint density at radius 2 is 1.78 bits per heavy atom. The number of nitrogens with one attached hydrogen (secondary N) is 1. The summed E-state index contributed by atoms with van der Waals surface area (Å²) in [7, 11) is 3.06. The average Bonchev–Trinajstić information content (AvgIpc) is 3.23. The Labute approximate surface area is 191 Å². The van der Waals surface area contributed by atoms with Gasteiger partial charge < -0.3 is 19.2 Å². The maximum Gasteiger partial charge on any atom is 0.255 e. The number of anilines is 1. The molecular weight excluding hydrogens is 428 g/mol. The van der Waals surface area contributed by atoms with Gasteiger partial charge in [0.2, 0.25) is 5.89 Å². The zero-order valence-corrected chi connectivity index (χ0v) is 19.0. The number of oxazole rings is 1. The molecule has 32 heavy (non-hydrogen) atoms. The molecule has 0 radical (unpaired) electrons. The van der Waals surface area contributed by atoms with E-state index in [0.717, 1.165) is 5.52 Å². The third-order valence-electron chi connectivity index (χ3n) is 5.19. The standard InChI is InChI=1S/C25H23ClN2O4/c1-14(2)15-6-9-21-20(11-15)28-25(32-21)17-5-8-18(26)19(12-17)27-24(29)16-7-10-22(30-3)23(13-16)31-4/h5-14H,1-4H3,(H,27,29). The molecule has 1 N–H and O–H groups in total. The summed E-state index contributed by atoms with van der Waals surface area (Å²) in [6, 6.07) is 16.2. The Hall–Kier alpha value is -3.51. The van der Waals surface area contributed by atoms with Crippen molar-refractivity contribution in [3.63, 3.8) is 0 Å². The van der Waals surface area contributed by atoms with Crippen LogP contribution in [0.4, 0.5) is 5.69 Å². The van der Waals surface area contributed by atoms with Crippen LogP contribution < -0.4 is 14.8 Å². The highest BCUT2D eigenvalue weighted by Gasteiger charge is 2.15. The van der Waals surface area contributed by atoms with Crippen LogP contribution in [0.1, 0.15) is 35.7 Å². The van der Waals surface area contributed by atoms with E-state index in [2.05, 4.69) is 24.1 Å². The number of halogens is 1. The first-order valence-electron chi connectivity index (χ1n) is 10.1. The van der Waals surface area contributed by atoms with Crippen LogP contribution in [0.5, 0.6) is 11.5 Å². The number of carbonyl (C=O) groups is 1. The number of hydrogen-bond donors (Lipinski definition) is 1. The molecule has 0 saturated carbocycles. The van der Waals surface area contributed by atoms with Gasteiger partial charge in [-0.3, -0.25) is 4.79 Å². The van der Waals surface area contributed by atoms with E-state index in [0.29, 0.717) is 50.7 Å². The molecule has 0 aliphatic heterocycles. The van der Waals surface area contributed by atoms with E-state index in [-0.39, 0.29) is 5.91 Å². The molecule has 4 rings (SSSR count). The second kappa shape index (κ2) is 8.93. The summed E-state index contributed by atoms with van der Waals surface area (Å²) in [5, 5.41) is 3.25. The molecule has 0 saturated heterocycles. The van der Waals surface area contributed by atoms with Crippen LogP contribution in [0.25, 0.3) is 22.6 Å². The fraction of sp³-hybridized carbons (Fsp3) is 0.200. The van der Waals surface area contributed by atoms with Crippen LogP contribution in [-0.4, -0.2) is 25.1 Å². The summed E-state index contributed by atoms with van der Waals surface area (Å²) >= 11 is 6.35. The summed E-state index contributed by atoms with van der Waals surface area (Å²) in [5.41, 5.74) is 4.25. The predicted octanol–water partition coefficient (Wildman–Crippen LogP) is 6.54. The second-order valence-corrected chi connectivity index (χ2v) is 8.03. The molecule has 1 aromatic heterocycles. The lowest BCUT2D eigenvalue weighted by Gasteiger charge is -2.11. The predicted molar refractivity (Wildman–Crippen MR) is 126 cm³/mol. The number of methoxy groups -OCH3 is 2. The lowest BCUT2D eigenvalue weighted by molar-refractivity contribution is 0.102. The van der Waals surface area contributed by atoms with Crippen molar-refractivity contribution in [1.82, 2.24) is 4.98 Å². The minimum atomic E-state index is -0.329. The monoisotopic (exact) mass is 450 g/mol. The van der Waals surface area contributed by atoms with Crippen LogP contribution in [0.2, 0.25) is 5.02 Å². The van der Waals surface area contributed by atoms with E-state index in [1.807, 2.05) is 24.3 Å². The van der Waals surface area contributed by atoms with Crippen molar-refractivity contribution in [3.8, 4) is 23.0 Å². The molecular formula is C25H23ClN2O4. The molecule has 1 heterocycles. The number of amides is 1. The molecule has 1 amide bonds. The van der Waals surface area contributed by atoms with E-state index in [9.17, 15) is 4.79 Å². The molecule has 0 bridgehead atoms. The molecule has 0 aliphatic carbocycles. The lowest BCUT2D eigenvalue weighted by atomic mass is 10.0. The SMILES string of the molecule is COc1ccc(C(=O)Nc2cc(-c3nc4cc(C(C)C)ccc4o3)ccc2Cl)cc1OC. The number of benzene rings is 3. The summed E-state index contributed by atoms with van der Waals surface area (Å²) in [4.78, 5) is 17.4. The maximum atomic E-state index is 12.8. The van der Waals surface area contributed by atoms with E-state index in [1.54, 1.807) is 37.4 Å². The van der Waals surface area contributed by atoms with Crippen molar-refractivity contribution in [2.45, 2.75) is 19.8 Å². The van der Waals surface area contributed by atoms with E-state index in [1.165, 1.54) is 12.7 Å². The van der Waals surface area contributed by atoms with Gasteiger partial charge >= 0.3 is 0 Å². The average molecular weight is 451 g/mol. The van der Waals surface area contributed by atoms with Crippen molar-refractivity contribution in [3.05, 3.63) is 70.7 Å². The minimum Gasteiger partial charge on any atom is -0.493 e. The molecule has 7 heteroatoms. The zero-order chi connectivity index (χ0) is 22.8. The van der Waals surface area contributed by atoms with Gasteiger partial charge in [0.15, 0.2) is 17.1 Å². The molecule has 0 aliphatic rings. The topological polar surface area (TPSA) is 73.6 Å². The number of nitrogens with zero attached hydrogens (tertiary/aromatic N) is 1. The zero-order valence-electron chi connectivity index (χ0n) is 18.2. The first-order valence-corrected chi connectivity index (χ1v) is 10.5. The molecule has 0 unspecified atom stereocenters. The van der Waals surface area contributed by atoms with Crippen LogP contribution in [0.3, 0.4) is 0 Å². The van der Waals surface area contributed by atoms with Crippen LogP contribution in [0, 0.1) is 0 Å². The van der Waals surface area contributed by atoms with Crippen molar-refractivity contribution in [2.75, 3.05) is 19.5 Å². The molecule has 3 aromatic carbocycles. The van der Waals surface area contributed by atoms with Crippen molar-refractivity contribution >= 4 is 34.3 Å². The minimum absolute atomic E-state index is 0.329. The van der Waals surface area contributed by atoms with E-state index in [4.69, 9.17) is 25.5 Å². The van der Waals surface area contributed by atoms with Crippen molar-refractivity contribution in [2.24, 2.45) is 0 Å². The largest absolute Gasteiger partial charge is 0.493 e. The number of hydrogen-bond acceptors (Lipinski definition) is 5. The van der Waals surface area contributed by atoms with Crippen molar-refractivity contribution < 1.29 is 18.7 Å². The first-order chi connectivity index (χ1) is 15.4. The smallest absolute Gasteiger partial charge is 0.255 e. The number of fused-ring (bicyclic) bond motifs is 1. The highest BCUT2D eigenvalue weighted by molar-refractivity contribution is 6.34. The van der Waals surface area contributed by atoms with Gasteiger partial charge in [-0.25, -0.2) is 4.98 Å². The Balaban J connectivity index is 1.63. The Morgan fingerprint density at radius 1 is 1.00 bits per heavy atom. The lowest BCUT2D eigenvalue weighted by Crippen LogP contribution is -2.12. The van der Waals surface area contributed by atoms with Crippen LogP contribution in [-0.2, 0) is 0 Å². The number of rotatable bonds is 6. The highest BCUT2D eigenvalue weighted by Crippen LogP contribution is 2.32. The molecule has 0 fully saturated rings. The van der Waals surface area contributed by atoms with Gasteiger partial charge in [0.05, 0.1) is 24.9 Å². The Bertz CT molecular complexity index is 1300. The van der Waals surface area contributed by atoms with Gasteiger partial charge in [-0.1, -0.05) is 31.5 Å². The number of aromatic nitrogens is 1. The van der Waals surface area contributed by atoms with E-state index >= 15 is 0 Å². The summed E-state index contributed by atoms with van der Waals surface area (Å²) in [5.74, 6) is 1.53. The fourth-order valence-electron chi connectivity index (χ4n) is 3.35. The molecule has 0 spiro atoms. The third-order valence-corrected chi connectivity index (χ3v) is 5.52. The molecule has 6 nitrogen and oxygen atoms in total. The molecule has 4 aromatic rings. The molecule has 0 atom stereocenters. The third kappa shape index (κ3) is 4.27. The number of ether oxygens (including phenoxy) is 2.